The van der Waals surface area contributed by atoms with Crippen molar-refractivity contribution in [2.45, 2.75) is 52.4 Å². The predicted octanol–water partition coefficient (Wildman–Crippen LogP) is 3.34. The molecule has 2 aromatic rings. The number of carbonyl (C=O) groups excluding carboxylic acids is 1. The number of phenols is 1. The fourth-order valence-electron chi connectivity index (χ4n) is 2.02. The van der Waals surface area contributed by atoms with Crippen LogP contribution in [0.1, 0.15) is 50.9 Å². The van der Waals surface area contributed by atoms with Gasteiger partial charge in [0, 0.05) is 18.3 Å². The van der Waals surface area contributed by atoms with E-state index in [1.807, 2.05) is 27.7 Å². The van der Waals surface area contributed by atoms with Gasteiger partial charge in [-0.05, 0) is 31.0 Å². The molecule has 0 unspecified atom stereocenters. The Hall–Kier alpha value is -2.37. The number of hydrogen-bond donors (Lipinski definition) is 2. The van der Waals surface area contributed by atoms with Gasteiger partial charge in [-0.2, -0.15) is 4.98 Å². The minimum Gasteiger partial charge on any atom is -0.506 e. The maximum atomic E-state index is 11.9. The van der Waals surface area contributed by atoms with Crippen molar-refractivity contribution in [2.24, 2.45) is 0 Å². The van der Waals surface area contributed by atoms with Gasteiger partial charge >= 0.3 is 0 Å². The number of amides is 1. The van der Waals surface area contributed by atoms with Crippen molar-refractivity contribution >= 4 is 11.6 Å². The molecule has 1 aromatic heterocycles. The van der Waals surface area contributed by atoms with Gasteiger partial charge < -0.3 is 14.9 Å². The Morgan fingerprint density at radius 2 is 2.09 bits per heavy atom. The Morgan fingerprint density at radius 3 is 2.74 bits per heavy atom. The summed E-state index contributed by atoms with van der Waals surface area (Å²) in [7, 11) is 0. The van der Waals surface area contributed by atoms with Crippen molar-refractivity contribution in [1.82, 2.24) is 10.1 Å². The van der Waals surface area contributed by atoms with Gasteiger partial charge in [0.1, 0.15) is 5.75 Å². The summed E-state index contributed by atoms with van der Waals surface area (Å²) in [5.41, 5.74) is 1.25. The van der Waals surface area contributed by atoms with E-state index in [9.17, 15) is 9.90 Å². The molecule has 2 rings (SSSR count). The normalized spacial score (nSPS) is 11.5. The molecule has 0 atom stereocenters. The zero-order chi connectivity index (χ0) is 17.0. The molecule has 0 aliphatic rings. The summed E-state index contributed by atoms with van der Waals surface area (Å²) in [6.45, 7) is 7.95. The van der Waals surface area contributed by atoms with Crippen LogP contribution >= 0.6 is 0 Å². The summed E-state index contributed by atoms with van der Waals surface area (Å²) in [6, 6.07) is 5.09. The molecule has 1 amide bonds. The number of aryl methyl sites for hydroxylation is 2. The van der Waals surface area contributed by atoms with E-state index >= 15 is 0 Å². The Labute approximate surface area is 135 Å². The smallest absolute Gasteiger partial charge is 0.226 e. The molecule has 0 saturated carbocycles. The van der Waals surface area contributed by atoms with Crippen LogP contribution in [0.4, 0.5) is 5.69 Å². The number of anilines is 1. The van der Waals surface area contributed by atoms with Crippen molar-refractivity contribution in [3.63, 3.8) is 0 Å². The first kappa shape index (κ1) is 17.0. The molecule has 0 spiro atoms. The quantitative estimate of drug-likeness (QED) is 0.826. The van der Waals surface area contributed by atoms with Crippen LogP contribution in [0.2, 0.25) is 0 Å². The molecule has 23 heavy (non-hydrogen) atoms. The lowest BCUT2D eigenvalue weighted by Gasteiger charge is -2.10. The van der Waals surface area contributed by atoms with Crippen molar-refractivity contribution in [1.29, 1.82) is 0 Å². The fourth-order valence-corrected chi connectivity index (χ4v) is 2.02. The number of aromatic nitrogens is 2. The van der Waals surface area contributed by atoms with E-state index in [4.69, 9.17) is 4.52 Å². The van der Waals surface area contributed by atoms with Crippen molar-refractivity contribution in [3.05, 3.63) is 35.5 Å². The van der Waals surface area contributed by atoms with Gasteiger partial charge in [0.15, 0.2) is 5.82 Å². The lowest BCUT2D eigenvalue weighted by Crippen LogP contribution is -2.13. The minimum atomic E-state index is -0.151. The zero-order valence-corrected chi connectivity index (χ0v) is 14.0. The van der Waals surface area contributed by atoms with Crippen LogP contribution < -0.4 is 5.32 Å². The second-order valence-corrected chi connectivity index (χ2v) is 6.68. The molecular formula is C17H23N3O3. The van der Waals surface area contributed by atoms with Gasteiger partial charge in [-0.15, -0.1) is 0 Å². The Morgan fingerprint density at radius 1 is 1.35 bits per heavy atom. The van der Waals surface area contributed by atoms with E-state index in [-0.39, 0.29) is 17.1 Å². The lowest BCUT2D eigenvalue weighted by molar-refractivity contribution is -0.116. The third kappa shape index (κ3) is 4.81. The van der Waals surface area contributed by atoms with Crippen LogP contribution in [0.15, 0.2) is 22.7 Å². The lowest BCUT2D eigenvalue weighted by atomic mass is 9.96. The van der Waals surface area contributed by atoms with Crippen LogP contribution in [0.25, 0.3) is 0 Å². The number of hydrogen-bond acceptors (Lipinski definition) is 5. The van der Waals surface area contributed by atoms with Gasteiger partial charge in [-0.3, -0.25) is 4.79 Å². The first-order valence-corrected chi connectivity index (χ1v) is 7.68. The Kier molecular flexibility index (Phi) is 5.03. The van der Waals surface area contributed by atoms with Gasteiger partial charge in [0.05, 0.1) is 5.69 Å². The third-order valence-electron chi connectivity index (χ3n) is 3.36. The average molecular weight is 317 g/mol. The first-order chi connectivity index (χ1) is 10.8. The molecule has 1 heterocycles. The highest BCUT2D eigenvalue weighted by Crippen LogP contribution is 2.24. The zero-order valence-electron chi connectivity index (χ0n) is 14.0. The summed E-state index contributed by atoms with van der Waals surface area (Å²) in [6.07, 6.45) is 1.47. The molecule has 2 N–H and O–H groups in total. The predicted molar refractivity (Wildman–Crippen MR) is 87.4 cm³/mol. The van der Waals surface area contributed by atoms with Crippen LogP contribution in [-0.2, 0) is 16.6 Å². The molecule has 0 saturated heterocycles. The highest BCUT2D eigenvalue weighted by molar-refractivity contribution is 5.92. The van der Waals surface area contributed by atoms with E-state index in [0.717, 1.165) is 5.56 Å². The number of aromatic hydroxyl groups is 1. The molecule has 124 valence electrons. The van der Waals surface area contributed by atoms with Gasteiger partial charge in [0.25, 0.3) is 0 Å². The third-order valence-corrected chi connectivity index (χ3v) is 3.36. The van der Waals surface area contributed by atoms with Crippen LogP contribution in [0, 0.1) is 6.92 Å². The fraction of sp³-hybridized carbons (Fsp3) is 0.471. The summed E-state index contributed by atoms with van der Waals surface area (Å²) in [5, 5.41) is 16.4. The molecule has 0 radical (unpaired) electrons. The number of carbonyl (C=O) groups is 1. The molecule has 1 aromatic carbocycles. The number of phenolic OH excluding ortho intramolecular Hbond substituents is 1. The molecule has 0 bridgehead atoms. The van der Waals surface area contributed by atoms with Crippen LogP contribution in [-0.4, -0.2) is 21.2 Å². The first-order valence-electron chi connectivity index (χ1n) is 7.68. The second-order valence-electron chi connectivity index (χ2n) is 6.68. The van der Waals surface area contributed by atoms with Crippen LogP contribution in [0.3, 0.4) is 0 Å². The summed E-state index contributed by atoms with van der Waals surface area (Å²) >= 11 is 0. The minimum absolute atomic E-state index is 0.0654. The molecule has 6 heteroatoms. The summed E-state index contributed by atoms with van der Waals surface area (Å²) < 4.78 is 5.19. The van der Waals surface area contributed by atoms with E-state index in [0.29, 0.717) is 36.7 Å². The van der Waals surface area contributed by atoms with Gasteiger partial charge in [-0.25, -0.2) is 0 Å². The van der Waals surface area contributed by atoms with E-state index in [1.54, 1.807) is 18.2 Å². The topological polar surface area (TPSA) is 88.2 Å². The SMILES string of the molecule is Cc1ccc(O)c(NC(=O)CCCc2nc(C(C)(C)C)no2)c1. The largest absolute Gasteiger partial charge is 0.506 e. The summed E-state index contributed by atoms with van der Waals surface area (Å²) in [4.78, 5) is 16.3. The van der Waals surface area contributed by atoms with E-state index in [1.165, 1.54) is 0 Å². The standard InChI is InChI=1S/C17H23N3O3/c1-11-8-9-13(21)12(10-11)18-14(22)6-5-7-15-19-16(20-23-15)17(2,3)4/h8-10,21H,5-7H2,1-4H3,(H,18,22). The monoisotopic (exact) mass is 317 g/mol. The van der Waals surface area contributed by atoms with Gasteiger partial charge in [-0.1, -0.05) is 32.0 Å². The van der Waals surface area contributed by atoms with Gasteiger partial charge in [0.2, 0.25) is 11.8 Å². The second kappa shape index (κ2) is 6.81. The van der Waals surface area contributed by atoms with Crippen LogP contribution in [0.5, 0.6) is 5.75 Å². The number of rotatable bonds is 5. The Balaban J connectivity index is 1.83. The van der Waals surface area contributed by atoms with E-state index in [2.05, 4.69) is 15.5 Å². The Bertz CT molecular complexity index is 687. The molecule has 6 nitrogen and oxygen atoms in total. The number of benzene rings is 1. The highest BCUT2D eigenvalue weighted by atomic mass is 16.5. The van der Waals surface area contributed by atoms with Crippen molar-refractivity contribution in [3.8, 4) is 5.75 Å². The maximum Gasteiger partial charge on any atom is 0.226 e. The maximum absolute atomic E-state index is 11.9. The molecule has 0 fully saturated rings. The number of nitrogens with one attached hydrogen (secondary N) is 1. The summed E-state index contributed by atoms with van der Waals surface area (Å²) in [5.74, 6) is 1.12. The average Bonchev–Trinajstić information content (AvgIpc) is 2.92. The number of nitrogens with zero attached hydrogens (tertiary/aromatic N) is 2. The van der Waals surface area contributed by atoms with E-state index < -0.39 is 0 Å². The van der Waals surface area contributed by atoms with Crippen molar-refractivity contribution in [2.75, 3.05) is 5.32 Å². The highest BCUT2D eigenvalue weighted by Gasteiger charge is 2.20. The van der Waals surface area contributed by atoms with Crippen molar-refractivity contribution < 1.29 is 14.4 Å². The molecule has 0 aliphatic heterocycles. The molecular weight excluding hydrogens is 294 g/mol. The molecule has 0 aliphatic carbocycles.